The van der Waals surface area contributed by atoms with E-state index >= 15 is 0 Å². The number of anilines is 2. The first-order valence-electron chi connectivity index (χ1n) is 8.54. The maximum atomic E-state index is 12.6. The van der Waals surface area contributed by atoms with Crippen LogP contribution in [0.25, 0.3) is 0 Å². The fourth-order valence-electron chi connectivity index (χ4n) is 2.63. The van der Waals surface area contributed by atoms with Crippen molar-refractivity contribution in [2.75, 3.05) is 10.6 Å². The zero-order chi connectivity index (χ0) is 20.8. The maximum absolute atomic E-state index is 12.6. The molecule has 0 radical (unpaired) electrons. The minimum atomic E-state index is -1.32. The molecule has 3 aromatic rings. The van der Waals surface area contributed by atoms with E-state index in [9.17, 15) is 19.2 Å². The lowest BCUT2D eigenvalue weighted by Crippen LogP contribution is -2.18. The van der Waals surface area contributed by atoms with Crippen molar-refractivity contribution in [2.45, 2.75) is 6.42 Å². The molecule has 7 nitrogen and oxygen atoms in total. The summed E-state index contributed by atoms with van der Waals surface area (Å²) < 4.78 is 0. The average Bonchev–Trinajstić information content (AvgIpc) is 3.24. The van der Waals surface area contributed by atoms with Gasteiger partial charge in [-0.25, -0.2) is 4.79 Å². The van der Waals surface area contributed by atoms with Crippen molar-refractivity contribution in [3.8, 4) is 0 Å². The normalized spacial score (nSPS) is 10.2. The molecule has 0 spiro atoms. The van der Waals surface area contributed by atoms with Crippen LogP contribution in [-0.4, -0.2) is 28.7 Å². The Morgan fingerprint density at radius 3 is 2.24 bits per heavy atom. The number of carboxylic acid groups (broad SMARTS) is 1. The van der Waals surface area contributed by atoms with Crippen LogP contribution < -0.4 is 10.6 Å². The third kappa shape index (κ3) is 5.14. The summed E-state index contributed by atoms with van der Waals surface area (Å²) in [5, 5.41) is 15.4. The molecular weight excluding hydrogens is 392 g/mol. The fourth-order valence-corrected chi connectivity index (χ4v) is 3.30. The van der Waals surface area contributed by atoms with Crippen LogP contribution >= 0.6 is 11.3 Å². The number of carbonyl (C=O) groups excluding carboxylic acids is 3. The van der Waals surface area contributed by atoms with E-state index in [4.69, 9.17) is 5.11 Å². The van der Waals surface area contributed by atoms with Crippen LogP contribution in [0, 0.1) is 0 Å². The smallest absolute Gasteiger partial charge is 0.409 e. The van der Waals surface area contributed by atoms with Gasteiger partial charge in [-0.05, 0) is 29.6 Å². The second-order valence-electron chi connectivity index (χ2n) is 6.01. The Morgan fingerprint density at radius 2 is 1.59 bits per heavy atom. The van der Waals surface area contributed by atoms with Crippen LogP contribution in [0.3, 0.4) is 0 Å². The Hall–Kier alpha value is -3.78. The summed E-state index contributed by atoms with van der Waals surface area (Å²) in [6.07, 6.45) is -1.72. The van der Waals surface area contributed by atoms with E-state index in [2.05, 4.69) is 10.6 Å². The van der Waals surface area contributed by atoms with Crippen molar-refractivity contribution in [3.63, 3.8) is 0 Å². The third-order valence-corrected chi connectivity index (χ3v) is 4.86. The number of Topliss-reactive ketones (excluding diaryl/α,β-unsaturated/α-hetero) is 1. The Labute approximate surface area is 170 Å². The van der Waals surface area contributed by atoms with Gasteiger partial charge in [0.15, 0.2) is 11.6 Å². The van der Waals surface area contributed by atoms with Gasteiger partial charge in [-0.3, -0.25) is 19.7 Å². The maximum Gasteiger partial charge on any atom is 0.409 e. The number of nitrogens with one attached hydrogen (secondary N) is 2. The van der Waals surface area contributed by atoms with Gasteiger partial charge in [-0.2, -0.15) is 0 Å². The van der Waals surface area contributed by atoms with E-state index in [0.717, 1.165) is 0 Å². The van der Waals surface area contributed by atoms with Crippen LogP contribution in [0.15, 0.2) is 66.0 Å². The van der Waals surface area contributed by atoms with Gasteiger partial charge in [0.25, 0.3) is 0 Å². The van der Waals surface area contributed by atoms with Crippen LogP contribution in [0.4, 0.5) is 16.2 Å². The number of ketones is 2. The molecule has 0 saturated heterocycles. The first kappa shape index (κ1) is 20.0. The lowest BCUT2D eigenvalue weighted by Gasteiger charge is -2.12. The van der Waals surface area contributed by atoms with Crippen molar-refractivity contribution in [1.82, 2.24) is 0 Å². The van der Waals surface area contributed by atoms with Crippen LogP contribution in [0.5, 0.6) is 0 Å². The lowest BCUT2D eigenvalue weighted by molar-refractivity contribution is -0.115. The standard InChI is InChI=1S/C21H16N2O5S/c24-17(18-7-4-10-29-18)12-19(25)22-16-11-14(8-9-15(16)23-21(27)28)20(26)13-5-2-1-3-6-13/h1-11,23H,12H2,(H,22,25)(H,27,28). The van der Waals surface area contributed by atoms with Gasteiger partial charge in [0.1, 0.15) is 0 Å². The molecule has 0 aliphatic carbocycles. The van der Waals surface area contributed by atoms with E-state index in [1.165, 1.54) is 29.5 Å². The van der Waals surface area contributed by atoms with E-state index in [0.29, 0.717) is 10.4 Å². The Bertz CT molecular complexity index is 1060. The van der Waals surface area contributed by atoms with Gasteiger partial charge >= 0.3 is 6.09 Å². The molecule has 1 heterocycles. The molecule has 0 aliphatic heterocycles. The molecule has 3 rings (SSSR count). The summed E-state index contributed by atoms with van der Waals surface area (Å²) in [6.45, 7) is 0. The molecule has 0 atom stereocenters. The van der Waals surface area contributed by atoms with Gasteiger partial charge in [0.05, 0.1) is 22.7 Å². The lowest BCUT2D eigenvalue weighted by atomic mass is 10.0. The molecule has 2 aromatic carbocycles. The molecule has 8 heteroatoms. The summed E-state index contributed by atoms with van der Waals surface area (Å²) in [4.78, 5) is 48.6. The first-order valence-corrected chi connectivity index (χ1v) is 9.42. The van der Waals surface area contributed by atoms with Crippen molar-refractivity contribution in [1.29, 1.82) is 0 Å². The number of amides is 2. The van der Waals surface area contributed by atoms with Crippen molar-refractivity contribution >= 4 is 46.3 Å². The highest BCUT2D eigenvalue weighted by molar-refractivity contribution is 7.12. The molecule has 0 bridgehead atoms. The predicted octanol–water partition coefficient (Wildman–Crippen LogP) is 4.28. The second-order valence-corrected chi connectivity index (χ2v) is 6.96. The number of carbonyl (C=O) groups is 4. The quantitative estimate of drug-likeness (QED) is 0.399. The summed E-state index contributed by atoms with van der Waals surface area (Å²) in [5.41, 5.74) is 0.917. The van der Waals surface area contributed by atoms with Gasteiger partial charge in [-0.15, -0.1) is 11.3 Å². The van der Waals surface area contributed by atoms with Crippen LogP contribution in [-0.2, 0) is 4.79 Å². The highest BCUT2D eigenvalue weighted by atomic mass is 32.1. The van der Waals surface area contributed by atoms with E-state index in [-0.39, 0.29) is 28.5 Å². The highest BCUT2D eigenvalue weighted by Gasteiger charge is 2.17. The molecule has 2 amide bonds. The zero-order valence-corrected chi connectivity index (χ0v) is 15.9. The Balaban J connectivity index is 1.84. The molecular formula is C21H16N2O5S. The summed E-state index contributed by atoms with van der Waals surface area (Å²) in [6, 6.07) is 16.1. The van der Waals surface area contributed by atoms with Crippen molar-refractivity contribution < 1.29 is 24.3 Å². The minimum Gasteiger partial charge on any atom is -0.465 e. The molecule has 0 unspecified atom stereocenters. The molecule has 29 heavy (non-hydrogen) atoms. The van der Waals surface area contributed by atoms with Crippen LogP contribution in [0.2, 0.25) is 0 Å². The molecule has 3 N–H and O–H groups in total. The predicted molar refractivity (Wildman–Crippen MR) is 110 cm³/mol. The van der Waals surface area contributed by atoms with Gasteiger partial charge < -0.3 is 10.4 Å². The summed E-state index contributed by atoms with van der Waals surface area (Å²) >= 11 is 1.23. The number of thiophene rings is 1. The first-order chi connectivity index (χ1) is 13.9. The summed E-state index contributed by atoms with van der Waals surface area (Å²) in [5.74, 6) is -1.24. The minimum absolute atomic E-state index is 0.0955. The fraction of sp³-hybridized carbons (Fsp3) is 0.0476. The largest absolute Gasteiger partial charge is 0.465 e. The number of hydrogen-bond donors (Lipinski definition) is 3. The number of rotatable bonds is 7. The van der Waals surface area contributed by atoms with Gasteiger partial charge in [-0.1, -0.05) is 36.4 Å². The molecule has 0 saturated carbocycles. The van der Waals surface area contributed by atoms with E-state index in [1.54, 1.807) is 47.8 Å². The molecule has 146 valence electrons. The van der Waals surface area contributed by atoms with Gasteiger partial charge in [0.2, 0.25) is 5.91 Å². The SMILES string of the molecule is O=C(O)Nc1ccc(C(=O)c2ccccc2)cc1NC(=O)CC(=O)c1cccs1. The van der Waals surface area contributed by atoms with Crippen molar-refractivity contribution in [2.24, 2.45) is 0 Å². The van der Waals surface area contributed by atoms with E-state index in [1.807, 2.05) is 0 Å². The molecule has 0 aliphatic rings. The van der Waals surface area contributed by atoms with Gasteiger partial charge in [0, 0.05) is 11.1 Å². The molecule has 0 fully saturated rings. The number of hydrogen-bond acceptors (Lipinski definition) is 5. The van der Waals surface area contributed by atoms with Crippen LogP contribution in [0.1, 0.15) is 32.0 Å². The Morgan fingerprint density at radius 1 is 0.828 bits per heavy atom. The summed E-state index contributed by atoms with van der Waals surface area (Å²) in [7, 11) is 0. The number of benzene rings is 2. The topological polar surface area (TPSA) is 113 Å². The van der Waals surface area contributed by atoms with E-state index < -0.39 is 18.4 Å². The zero-order valence-electron chi connectivity index (χ0n) is 15.0. The third-order valence-electron chi connectivity index (χ3n) is 3.95. The Kier molecular flexibility index (Phi) is 6.16. The average molecular weight is 408 g/mol. The highest BCUT2D eigenvalue weighted by Crippen LogP contribution is 2.25. The van der Waals surface area contributed by atoms with Crippen molar-refractivity contribution in [3.05, 3.63) is 82.0 Å². The molecule has 1 aromatic heterocycles. The second kappa shape index (κ2) is 8.94. The monoisotopic (exact) mass is 408 g/mol.